The Morgan fingerprint density at radius 1 is 0.852 bits per heavy atom. The molecule has 0 atom stereocenters. The number of unbranched alkanes of at least 4 members (excludes halogenated alkanes) is 2. The molecule has 0 heterocycles. The van der Waals surface area contributed by atoms with E-state index in [0.29, 0.717) is 44.0 Å². The largest absolute Gasteiger partial charge is 0.481 e. The van der Waals surface area contributed by atoms with Crippen LogP contribution < -0.4 is 0 Å². The molecule has 0 radical (unpaired) electrons. The summed E-state index contributed by atoms with van der Waals surface area (Å²) in [4.78, 5) is 34.3. The molecule has 0 aromatic rings. The standard InChI is InChI=1S/C19H34O6S2/c1-4-6-12-24-17(22)9-14-26-19(3,11-8-16(20)21)27-15-10-18(23)25-13-7-5-2/h4-15H2,1-3H3,(H,20,21). The normalized spacial score (nSPS) is 11.2. The first-order valence-electron chi connectivity index (χ1n) is 9.64. The lowest BCUT2D eigenvalue weighted by Gasteiger charge is -2.28. The lowest BCUT2D eigenvalue weighted by molar-refractivity contribution is -0.144. The fraction of sp³-hybridized carbons (Fsp3) is 0.842. The average molecular weight is 423 g/mol. The summed E-state index contributed by atoms with van der Waals surface area (Å²) in [5.74, 6) is -0.160. The van der Waals surface area contributed by atoms with Crippen LogP contribution in [-0.2, 0) is 23.9 Å². The van der Waals surface area contributed by atoms with Gasteiger partial charge in [0, 0.05) is 17.9 Å². The molecule has 0 saturated heterocycles. The molecular weight excluding hydrogens is 388 g/mol. The van der Waals surface area contributed by atoms with Crippen molar-refractivity contribution in [2.24, 2.45) is 0 Å². The highest BCUT2D eigenvalue weighted by molar-refractivity contribution is 8.18. The van der Waals surface area contributed by atoms with Crippen LogP contribution in [0.5, 0.6) is 0 Å². The lowest BCUT2D eigenvalue weighted by Crippen LogP contribution is -2.20. The molecular formula is C19H34O6S2. The molecule has 158 valence electrons. The molecule has 0 amide bonds. The molecule has 0 spiro atoms. The van der Waals surface area contributed by atoms with Crippen LogP contribution in [0.15, 0.2) is 0 Å². The topological polar surface area (TPSA) is 89.9 Å². The molecule has 0 fully saturated rings. The molecule has 8 heteroatoms. The Balaban J connectivity index is 4.30. The van der Waals surface area contributed by atoms with Crippen LogP contribution in [0, 0.1) is 0 Å². The molecule has 0 aromatic carbocycles. The molecule has 0 rings (SSSR count). The summed E-state index contributed by atoms with van der Waals surface area (Å²) in [6.07, 6.45) is 4.80. The van der Waals surface area contributed by atoms with Crippen molar-refractivity contribution in [1.82, 2.24) is 0 Å². The summed E-state index contributed by atoms with van der Waals surface area (Å²) in [5.41, 5.74) is 0. The number of carbonyl (C=O) groups is 3. The number of thioether (sulfide) groups is 2. The Kier molecular flexibility index (Phi) is 15.6. The second-order valence-corrected chi connectivity index (χ2v) is 9.83. The number of hydrogen-bond donors (Lipinski definition) is 1. The molecule has 0 aliphatic heterocycles. The van der Waals surface area contributed by atoms with E-state index in [1.54, 1.807) is 23.5 Å². The van der Waals surface area contributed by atoms with Crippen molar-refractivity contribution in [3.63, 3.8) is 0 Å². The van der Waals surface area contributed by atoms with E-state index >= 15 is 0 Å². The number of rotatable bonds is 17. The van der Waals surface area contributed by atoms with Gasteiger partial charge in [0.05, 0.1) is 30.1 Å². The lowest BCUT2D eigenvalue weighted by atomic mass is 10.2. The number of carboxylic acids is 1. The zero-order valence-corrected chi connectivity index (χ0v) is 18.4. The van der Waals surface area contributed by atoms with Gasteiger partial charge in [-0.15, -0.1) is 23.5 Å². The van der Waals surface area contributed by atoms with E-state index in [1.165, 1.54) is 0 Å². The first-order chi connectivity index (χ1) is 12.8. The highest BCUT2D eigenvalue weighted by Gasteiger charge is 2.27. The maximum absolute atomic E-state index is 11.7. The van der Waals surface area contributed by atoms with Crippen LogP contribution in [0.1, 0.15) is 72.1 Å². The minimum Gasteiger partial charge on any atom is -0.481 e. The maximum atomic E-state index is 11.7. The number of esters is 2. The Bertz CT molecular complexity index is 414. The summed E-state index contributed by atoms with van der Waals surface area (Å²) in [7, 11) is 0. The summed E-state index contributed by atoms with van der Waals surface area (Å²) >= 11 is 3.11. The van der Waals surface area contributed by atoms with Gasteiger partial charge in [-0.1, -0.05) is 26.7 Å². The Hall–Kier alpha value is -0.890. The smallest absolute Gasteiger partial charge is 0.306 e. The maximum Gasteiger partial charge on any atom is 0.306 e. The van der Waals surface area contributed by atoms with E-state index in [4.69, 9.17) is 14.6 Å². The van der Waals surface area contributed by atoms with E-state index in [1.807, 2.05) is 20.8 Å². The summed E-state index contributed by atoms with van der Waals surface area (Å²) in [6, 6.07) is 0. The third-order valence-corrected chi connectivity index (χ3v) is 6.90. The van der Waals surface area contributed by atoms with Gasteiger partial charge in [0.1, 0.15) is 0 Å². The molecule has 6 nitrogen and oxygen atoms in total. The van der Waals surface area contributed by atoms with Crippen LogP contribution in [0.4, 0.5) is 0 Å². The monoisotopic (exact) mass is 422 g/mol. The number of hydrogen-bond acceptors (Lipinski definition) is 7. The Labute approximate surface area is 171 Å². The van der Waals surface area contributed by atoms with Crippen LogP contribution in [0.2, 0.25) is 0 Å². The molecule has 0 saturated carbocycles. The summed E-state index contributed by atoms with van der Waals surface area (Å²) in [5, 5.41) is 8.98. The molecule has 0 aliphatic rings. The molecule has 0 aliphatic carbocycles. The second-order valence-electron chi connectivity index (χ2n) is 6.37. The van der Waals surface area contributed by atoms with Crippen molar-refractivity contribution < 1.29 is 29.0 Å². The summed E-state index contributed by atoms with van der Waals surface area (Å²) in [6.45, 7) is 6.94. The van der Waals surface area contributed by atoms with Crippen molar-refractivity contribution >= 4 is 41.4 Å². The fourth-order valence-corrected chi connectivity index (χ4v) is 4.75. The molecule has 1 N–H and O–H groups in total. The Morgan fingerprint density at radius 2 is 1.30 bits per heavy atom. The van der Waals surface area contributed by atoms with Crippen molar-refractivity contribution in [2.75, 3.05) is 24.7 Å². The van der Waals surface area contributed by atoms with Crippen LogP contribution in [-0.4, -0.2) is 51.8 Å². The number of ether oxygens (including phenoxy) is 2. The minimum atomic E-state index is -0.847. The van der Waals surface area contributed by atoms with E-state index in [2.05, 4.69) is 0 Å². The molecule has 0 unspecified atom stereocenters. The van der Waals surface area contributed by atoms with Gasteiger partial charge < -0.3 is 14.6 Å². The van der Waals surface area contributed by atoms with E-state index in [-0.39, 0.29) is 22.4 Å². The summed E-state index contributed by atoms with van der Waals surface area (Å²) < 4.78 is 9.91. The van der Waals surface area contributed by atoms with Gasteiger partial charge in [0.25, 0.3) is 0 Å². The first-order valence-corrected chi connectivity index (χ1v) is 11.6. The van der Waals surface area contributed by atoms with Crippen molar-refractivity contribution in [3.8, 4) is 0 Å². The van der Waals surface area contributed by atoms with Crippen molar-refractivity contribution in [1.29, 1.82) is 0 Å². The fourth-order valence-electron chi connectivity index (χ4n) is 2.03. The predicted octanol–water partition coefficient (Wildman–Crippen LogP) is 4.50. The third-order valence-electron chi connectivity index (χ3n) is 3.74. The van der Waals surface area contributed by atoms with Gasteiger partial charge in [0.15, 0.2) is 0 Å². The highest BCUT2D eigenvalue weighted by atomic mass is 32.2. The number of aliphatic carboxylic acids is 1. The molecule has 0 aromatic heterocycles. The third kappa shape index (κ3) is 15.8. The van der Waals surface area contributed by atoms with Gasteiger partial charge in [0.2, 0.25) is 0 Å². The van der Waals surface area contributed by atoms with Crippen LogP contribution in [0.3, 0.4) is 0 Å². The van der Waals surface area contributed by atoms with Gasteiger partial charge in [-0.05, 0) is 26.2 Å². The quantitative estimate of drug-likeness (QED) is 0.208. The van der Waals surface area contributed by atoms with Gasteiger partial charge in [-0.3, -0.25) is 14.4 Å². The van der Waals surface area contributed by atoms with Crippen molar-refractivity contribution in [3.05, 3.63) is 0 Å². The van der Waals surface area contributed by atoms with E-state index < -0.39 is 5.97 Å². The first kappa shape index (κ1) is 26.1. The van der Waals surface area contributed by atoms with Gasteiger partial charge in [-0.25, -0.2) is 0 Å². The number of carbonyl (C=O) groups excluding carboxylic acids is 2. The Morgan fingerprint density at radius 3 is 1.67 bits per heavy atom. The SMILES string of the molecule is CCCCOC(=O)CCSC(C)(CCC(=O)O)SCCC(=O)OCCCC. The zero-order chi connectivity index (χ0) is 20.5. The van der Waals surface area contributed by atoms with E-state index in [9.17, 15) is 14.4 Å². The predicted molar refractivity (Wildman–Crippen MR) is 111 cm³/mol. The minimum absolute atomic E-state index is 0.0540. The van der Waals surface area contributed by atoms with Gasteiger partial charge >= 0.3 is 17.9 Å². The number of carboxylic acid groups (broad SMARTS) is 1. The van der Waals surface area contributed by atoms with Crippen LogP contribution in [0.25, 0.3) is 0 Å². The van der Waals surface area contributed by atoms with Gasteiger partial charge in [-0.2, -0.15) is 0 Å². The average Bonchev–Trinajstić information content (AvgIpc) is 2.60. The van der Waals surface area contributed by atoms with Crippen molar-refractivity contribution in [2.45, 2.75) is 76.2 Å². The van der Waals surface area contributed by atoms with E-state index in [0.717, 1.165) is 25.7 Å². The molecule has 27 heavy (non-hydrogen) atoms. The second kappa shape index (κ2) is 16.1. The van der Waals surface area contributed by atoms with Crippen LogP contribution >= 0.6 is 23.5 Å². The molecule has 0 bridgehead atoms. The zero-order valence-electron chi connectivity index (χ0n) is 16.8. The highest BCUT2D eigenvalue weighted by Crippen LogP contribution is 2.41.